The average molecular weight is 208 g/mol. The van der Waals surface area contributed by atoms with Crippen molar-refractivity contribution in [3.63, 3.8) is 0 Å². The van der Waals surface area contributed by atoms with E-state index in [-0.39, 0.29) is 5.91 Å². The quantitative estimate of drug-likeness (QED) is 0.811. The van der Waals surface area contributed by atoms with Crippen molar-refractivity contribution in [1.82, 2.24) is 4.57 Å². The fourth-order valence-corrected chi connectivity index (χ4v) is 1.96. The number of carbonyl (C=O) groups excluding carboxylic acids is 1. The molecule has 1 aromatic heterocycles. The second-order valence-corrected chi connectivity index (χ2v) is 3.99. The summed E-state index contributed by atoms with van der Waals surface area (Å²) in [5.41, 5.74) is 8.20. The summed E-state index contributed by atoms with van der Waals surface area (Å²) in [5, 5.41) is 0. The van der Waals surface area contributed by atoms with E-state index in [2.05, 4.69) is 25.3 Å². The predicted molar refractivity (Wildman–Crippen MR) is 62.1 cm³/mol. The molecule has 15 heavy (non-hydrogen) atoms. The number of rotatable bonds is 4. The molecule has 84 valence electrons. The Bertz CT molecular complexity index is 366. The Morgan fingerprint density at radius 2 is 2.13 bits per heavy atom. The normalized spacial score (nSPS) is 12.8. The first kappa shape index (κ1) is 11.8. The maximum atomic E-state index is 11.2. The standard InChI is InChI=1S/C12H20N2O/c1-5-8(3)11-7-10(12(13)15)9(4)14(11)6-2/h7-8H,5-6H2,1-4H3,(H2,13,15). The van der Waals surface area contributed by atoms with E-state index in [0.29, 0.717) is 11.5 Å². The summed E-state index contributed by atoms with van der Waals surface area (Å²) in [5.74, 6) is 0.140. The van der Waals surface area contributed by atoms with Gasteiger partial charge < -0.3 is 10.3 Å². The highest BCUT2D eigenvalue weighted by Gasteiger charge is 2.17. The second kappa shape index (κ2) is 4.51. The van der Waals surface area contributed by atoms with E-state index in [1.807, 2.05) is 13.0 Å². The highest BCUT2D eigenvalue weighted by atomic mass is 16.1. The highest BCUT2D eigenvalue weighted by molar-refractivity contribution is 5.94. The largest absolute Gasteiger partial charge is 0.366 e. The van der Waals surface area contributed by atoms with Crippen molar-refractivity contribution in [3.8, 4) is 0 Å². The van der Waals surface area contributed by atoms with Crippen LogP contribution in [0.5, 0.6) is 0 Å². The Balaban J connectivity index is 3.27. The number of hydrogen-bond acceptors (Lipinski definition) is 1. The van der Waals surface area contributed by atoms with Gasteiger partial charge in [0, 0.05) is 17.9 Å². The third kappa shape index (κ3) is 2.06. The van der Waals surface area contributed by atoms with Crippen molar-refractivity contribution in [3.05, 3.63) is 23.0 Å². The van der Waals surface area contributed by atoms with E-state index >= 15 is 0 Å². The first-order chi connectivity index (χ1) is 7.02. The molecule has 3 heteroatoms. The molecule has 0 saturated carbocycles. The Labute approximate surface area is 91.3 Å². The number of hydrogen-bond donors (Lipinski definition) is 1. The molecule has 0 aliphatic heterocycles. The monoisotopic (exact) mass is 208 g/mol. The van der Waals surface area contributed by atoms with Gasteiger partial charge in [-0.1, -0.05) is 13.8 Å². The molecule has 0 aliphatic rings. The molecular weight excluding hydrogens is 188 g/mol. The van der Waals surface area contributed by atoms with Gasteiger partial charge in [-0.25, -0.2) is 0 Å². The Morgan fingerprint density at radius 1 is 1.53 bits per heavy atom. The molecule has 0 aliphatic carbocycles. The van der Waals surface area contributed by atoms with Crippen molar-refractivity contribution in [2.45, 2.75) is 46.6 Å². The van der Waals surface area contributed by atoms with Crippen molar-refractivity contribution in [2.24, 2.45) is 5.73 Å². The van der Waals surface area contributed by atoms with Crippen LogP contribution in [0.25, 0.3) is 0 Å². The summed E-state index contributed by atoms with van der Waals surface area (Å²) in [6.07, 6.45) is 1.07. The van der Waals surface area contributed by atoms with E-state index in [1.54, 1.807) is 0 Å². The summed E-state index contributed by atoms with van der Waals surface area (Å²) in [6.45, 7) is 9.25. The van der Waals surface area contributed by atoms with Gasteiger partial charge in [0.05, 0.1) is 5.56 Å². The SMILES string of the molecule is CCC(C)c1cc(C(N)=O)c(C)n1CC. The first-order valence-electron chi connectivity index (χ1n) is 5.52. The minimum Gasteiger partial charge on any atom is -0.366 e. The second-order valence-electron chi connectivity index (χ2n) is 3.99. The number of nitrogens with zero attached hydrogens (tertiary/aromatic N) is 1. The summed E-state index contributed by atoms with van der Waals surface area (Å²) in [7, 11) is 0. The van der Waals surface area contributed by atoms with Crippen LogP contribution >= 0.6 is 0 Å². The molecule has 1 unspecified atom stereocenters. The minimum absolute atomic E-state index is 0.329. The molecule has 0 spiro atoms. The molecule has 3 nitrogen and oxygen atoms in total. The highest BCUT2D eigenvalue weighted by Crippen LogP contribution is 2.24. The number of aromatic nitrogens is 1. The van der Waals surface area contributed by atoms with Gasteiger partial charge in [0.25, 0.3) is 5.91 Å². The number of nitrogens with two attached hydrogens (primary N) is 1. The molecule has 1 rings (SSSR count). The predicted octanol–water partition coefficient (Wildman–Crippen LogP) is 2.43. The van der Waals surface area contributed by atoms with E-state index in [4.69, 9.17) is 5.73 Å². The van der Waals surface area contributed by atoms with Gasteiger partial charge in [0.1, 0.15) is 0 Å². The van der Waals surface area contributed by atoms with Gasteiger partial charge in [-0.2, -0.15) is 0 Å². The molecule has 0 radical (unpaired) electrons. The molecule has 0 aromatic carbocycles. The lowest BCUT2D eigenvalue weighted by molar-refractivity contribution is 0.0999. The summed E-state index contributed by atoms with van der Waals surface area (Å²) >= 11 is 0. The van der Waals surface area contributed by atoms with Crippen LogP contribution in [-0.4, -0.2) is 10.5 Å². The molecule has 0 bridgehead atoms. The Kier molecular flexibility index (Phi) is 3.56. The minimum atomic E-state index is -0.329. The van der Waals surface area contributed by atoms with Crippen LogP contribution in [0.4, 0.5) is 0 Å². The molecule has 1 atom stereocenters. The summed E-state index contributed by atoms with van der Waals surface area (Å²) < 4.78 is 2.17. The lowest BCUT2D eigenvalue weighted by Crippen LogP contribution is -2.12. The van der Waals surface area contributed by atoms with E-state index in [9.17, 15) is 4.79 Å². The number of amides is 1. The molecule has 2 N–H and O–H groups in total. The fourth-order valence-electron chi connectivity index (χ4n) is 1.96. The van der Waals surface area contributed by atoms with Crippen LogP contribution in [0.3, 0.4) is 0 Å². The third-order valence-electron chi connectivity index (χ3n) is 3.10. The van der Waals surface area contributed by atoms with Crippen LogP contribution < -0.4 is 5.73 Å². The van der Waals surface area contributed by atoms with Gasteiger partial charge in [-0.05, 0) is 32.3 Å². The van der Waals surface area contributed by atoms with Gasteiger partial charge >= 0.3 is 0 Å². The third-order valence-corrected chi connectivity index (χ3v) is 3.10. The fraction of sp³-hybridized carbons (Fsp3) is 0.583. The number of primary amides is 1. The van der Waals surface area contributed by atoms with Gasteiger partial charge in [-0.15, -0.1) is 0 Å². The number of carbonyl (C=O) groups is 1. The molecule has 1 aromatic rings. The Hall–Kier alpha value is -1.25. The maximum absolute atomic E-state index is 11.2. The molecule has 0 fully saturated rings. The van der Waals surface area contributed by atoms with E-state index in [1.165, 1.54) is 5.69 Å². The smallest absolute Gasteiger partial charge is 0.250 e. The van der Waals surface area contributed by atoms with E-state index in [0.717, 1.165) is 18.7 Å². The molecule has 1 heterocycles. The lowest BCUT2D eigenvalue weighted by Gasteiger charge is -2.13. The van der Waals surface area contributed by atoms with Gasteiger partial charge in [0.2, 0.25) is 0 Å². The zero-order valence-corrected chi connectivity index (χ0v) is 10.0. The van der Waals surface area contributed by atoms with Crippen molar-refractivity contribution in [2.75, 3.05) is 0 Å². The zero-order chi connectivity index (χ0) is 11.6. The van der Waals surface area contributed by atoms with Crippen LogP contribution in [0, 0.1) is 6.92 Å². The van der Waals surface area contributed by atoms with Crippen molar-refractivity contribution in [1.29, 1.82) is 0 Å². The topological polar surface area (TPSA) is 48.0 Å². The molecule has 0 saturated heterocycles. The Morgan fingerprint density at radius 3 is 2.53 bits per heavy atom. The summed E-state index contributed by atoms with van der Waals surface area (Å²) in [4.78, 5) is 11.2. The average Bonchev–Trinajstić information content (AvgIpc) is 2.54. The van der Waals surface area contributed by atoms with Crippen LogP contribution in [0.1, 0.15) is 54.9 Å². The van der Waals surface area contributed by atoms with Crippen LogP contribution in [0.2, 0.25) is 0 Å². The first-order valence-corrected chi connectivity index (χ1v) is 5.52. The lowest BCUT2D eigenvalue weighted by atomic mass is 10.0. The van der Waals surface area contributed by atoms with Crippen molar-refractivity contribution >= 4 is 5.91 Å². The summed E-state index contributed by atoms with van der Waals surface area (Å²) in [6, 6.07) is 1.94. The van der Waals surface area contributed by atoms with Crippen LogP contribution in [0.15, 0.2) is 6.07 Å². The molecular formula is C12H20N2O. The van der Waals surface area contributed by atoms with Crippen LogP contribution in [-0.2, 0) is 6.54 Å². The van der Waals surface area contributed by atoms with E-state index < -0.39 is 0 Å². The van der Waals surface area contributed by atoms with Gasteiger partial charge in [0.15, 0.2) is 0 Å². The maximum Gasteiger partial charge on any atom is 0.250 e. The zero-order valence-electron chi connectivity index (χ0n) is 10.0. The molecule has 1 amide bonds. The van der Waals surface area contributed by atoms with Crippen molar-refractivity contribution < 1.29 is 4.79 Å². The van der Waals surface area contributed by atoms with Gasteiger partial charge in [-0.3, -0.25) is 4.79 Å².